The molecule has 76 heavy (non-hydrogen) atoms. The van der Waals surface area contributed by atoms with Crippen molar-refractivity contribution in [3.63, 3.8) is 0 Å². The quantitative estimate of drug-likeness (QED) is 0.0387. The smallest absolute Gasteiger partial charge is 0.192 e. The SMILES string of the molecule is C#CCCO[Si](C)(C)C(C)(C)C.COCOc1ccc([C@@]2(C)COc3cc(OCOC)ccc3C2(O)C#CCCO[Si](C)(C)C(C)(C)C)cc1.COCOc1ccc([C@@]2(C)COc3cc(OCOC)ccc3C2=O)cc1. The van der Waals surface area contributed by atoms with Crippen LogP contribution in [0.1, 0.15) is 95.3 Å². The Labute approximate surface area is 455 Å². The molecule has 1 N–H and O–H groups in total. The molecular weight excluding hydrogens is 1000 g/mol. The number of hydrogen-bond donors (Lipinski definition) is 1. The predicted molar refractivity (Wildman–Crippen MR) is 302 cm³/mol. The highest BCUT2D eigenvalue weighted by molar-refractivity contribution is 6.74. The second-order valence-electron chi connectivity index (χ2n) is 22.1. The molecule has 416 valence electrons. The maximum absolute atomic E-state index is 13.1. The number of carbonyl (C=O) groups excluding carboxylic acids is 1. The van der Waals surface area contributed by atoms with Gasteiger partial charge in [-0.15, -0.1) is 12.3 Å². The molecule has 4 aromatic carbocycles. The van der Waals surface area contributed by atoms with Crippen molar-refractivity contribution in [3.8, 4) is 58.7 Å². The largest absolute Gasteiger partial charge is 0.492 e. The molecular formula is C60H84O14Si2. The first-order valence-electron chi connectivity index (χ1n) is 25.5. The Morgan fingerprint density at radius 3 is 1.49 bits per heavy atom. The number of carbonyl (C=O) groups is 1. The van der Waals surface area contributed by atoms with E-state index in [9.17, 15) is 9.90 Å². The molecule has 0 bridgehead atoms. The highest BCUT2D eigenvalue weighted by Crippen LogP contribution is 2.50. The topological polar surface area (TPSA) is 148 Å². The van der Waals surface area contributed by atoms with E-state index in [1.54, 1.807) is 58.8 Å². The van der Waals surface area contributed by atoms with Crippen LogP contribution in [0.5, 0.6) is 34.5 Å². The number of benzene rings is 4. The van der Waals surface area contributed by atoms with Gasteiger partial charge in [0.05, 0.1) is 16.4 Å². The molecule has 0 radical (unpaired) electrons. The molecule has 2 heterocycles. The van der Waals surface area contributed by atoms with Crippen LogP contribution in [0.25, 0.3) is 0 Å². The average molecular weight is 1090 g/mol. The first-order chi connectivity index (χ1) is 35.8. The lowest BCUT2D eigenvalue weighted by atomic mass is 9.64. The number of methoxy groups -OCH3 is 4. The molecule has 0 saturated carbocycles. The van der Waals surface area contributed by atoms with Crippen LogP contribution in [-0.2, 0) is 44.2 Å². The summed E-state index contributed by atoms with van der Waals surface area (Å²) >= 11 is 0. The molecule has 0 spiro atoms. The van der Waals surface area contributed by atoms with Crippen molar-refractivity contribution in [2.24, 2.45) is 0 Å². The first-order valence-corrected chi connectivity index (χ1v) is 31.3. The fraction of sp³-hybridized carbons (Fsp3) is 0.517. The van der Waals surface area contributed by atoms with Crippen LogP contribution in [0.4, 0.5) is 0 Å². The summed E-state index contributed by atoms with van der Waals surface area (Å²) in [5, 5.41) is 12.8. The summed E-state index contributed by atoms with van der Waals surface area (Å²) in [5.41, 5.74) is -0.257. The highest BCUT2D eigenvalue weighted by atomic mass is 28.4. The lowest BCUT2D eigenvalue weighted by Crippen LogP contribution is -2.53. The number of rotatable bonds is 20. The van der Waals surface area contributed by atoms with Gasteiger partial charge in [0.25, 0.3) is 0 Å². The molecule has 0 saturated heterocycles. The van der Waals surface area contributed by atoms with E-state index in [2.05, 4.69) is 85.5 Å². The van der Waals surface area contributed by atoms with Crippen LogP contribution < -0.4 is 28.4 Å². The molecule has 6 rings (SSSR count). The Morgan fingerprint density at radius 1 is 0.592 bits per heavy atom. The molecule has 0 fully saturated rings. The molecule has 2 aliphatic rings. The van der Waals surface area contributed by atoms with E-state index in [-0.39, 0.29) is 51.2 Å². The predicted octanol–water partition coefficient (Wildman–Crippen LogP) is 11.8. The minimum atomic E-state index is -1.88. The Morgan fingerprint density at radius 2 is 1.01 bits per heavy atom. The summed E-state index contributed by atoms with van der Waals surface area (Å²) in [6.45, 7) is 28.4. The third-order valence-electron chi connectivity index (χ3n) is 14.5. The second kappa shape index (κ2) is 27.8. The zero-order chi connectivity index (χ0) is 56.4. The summed E-state index contributed by atoms with van der Waals surface area (Å²) in [5.74, 6) is 12.7. The van der Waals surface area contributed by atoms with Gasteiger partial charge in [0.2, 0.25) is 0 Å². The Hall–Kier alpha value is -5.38. The zero-order valence-corrected chi connectivity index (χ0v) is 50.0. The van der Waals surface area contributed by atoms with E-state index in [4.69, 9.17) is 62.6 Å². The van der Waals surface area contributed by atoms with Crippen LogP contribution in [0.2, 0.25) is 36.3 Å². The molecule has 16 heteroatoms. The van der Waals surface area contributed by atoms with Gasteiger partial charge in [-0.1, -0.05) is 77.6 Å². The van der Waals surface area contributed by atoms with Crippen molar-refractivity contribution in [2.45, 2.75) is 121 Å². The van der Waals surface area contributed by atoms with Gasteiger partial charge in [-0.3, -0.25) is 4.79 Å². The van der Waals surface area contributed by atoms with Crippen LogP contribution in [0, 0.1) is 24.2 Å². The van der Waals surface area contributed by atoms with Crippen molar-refractivity contribution in [3.05, 3.63) is 107 Å². The number of ether oxygens (including phenoxy) is 10. The van der Waals surface area contributed by atoms with E-state index in [0.29, 0.717) is 70.3 Å². The van der Waals surface area contributed by atoms with E-state index >= 15 is 0 Å². The van der Waals surface area contributed by atoms with E-state index in [1.165, 1.54) is 0 Å². The molecule has 14 nitrogen and oxygen atoms in total. The van der Waals surface area contributed by atoms with Gasteiger partial charge < -0.3 is 61.3 Å². The number of Topliss-reactive ketones (excluding diaryl/α,β-unsaturated/α-hetero) is 1. The third-order valence-corrected chi connectivity index (χ3v) is 23.6. The molecule has 0 amide bonds. The summed E-state index contributed by atoms with van der Waals surface area (Å²) in [4.78, 5) is 13.1. The number of ketones is 1. The molecule has 2 aliphatic heterocycles. The van der Waals surface area contributed by atoms with Gasteiger partial charge in [0.15, 0.2) is 55.2 Å². The minimum absolute atomic E-state index is 0.0163. The van der Waals surface area contributed by atoms with E-state index < -0.39 is 33.1 Å². The summed E-state index contributed by atoms with van der Waals surface area (Å²) < 4.78 is 65.9. The number of hydrogen-bond acceptors (Lipinski definition) is 14. The zero-order valence-electron chi connectivity index (χ0n) is 48.0. The van der Waals surface area contributed by atoms with E-state index in [1.807, 2.05) is 68.4 Å². The lowest BCUT2D eigenvalue weighted by Gasteiger charge is -2.46. The average Bonchev–Trinajstić information content (AvgIpc) is 3.38. The van der Waals surface area contributed by atoms with Crippen LogP contribution in [0.15, 0.2) is 84.9 Å². The third kappa shape index (κ3) is 16.1. The minimum Gasteiger partial charge on any atom is -0.492 e. The summed E-state index contributed by atoms with van der Waals surface area (Å²) in [7, 11) is 2.84. The monoisotopic (exact) mass is 1080 g/mol. The van der Waals surface area contributed by atoms with Gasteiger partial charge >= 0.3 is 0 Å². The molecule has 0 aliphatic carbocycles. The molecule has 4 aromatic rings. The normalized spacial score (nSPS) is 19.0. The second-order valence-corrected chi connectivity index (χ2v) is 31.7. The van der Waals surface area contributed by atoms with Crippen molar-refractivity contribution in [2.75, 3.05) is 82.0 Å². The maximum atomic E-state index is 13.1. The molecule has 0 aromatic heterocycles. The van der Waals surface area contributed by atoms with Crippen molar-refractivity contribution < 1.29 is 66.1 Å². The van der Waals surface area contributed by atoms with Crippen LogP contribution in [0.3, 0.4) is 0 Å². The van der Waals surface area contributed by atoms with Crippen LogP contribution in [-0.4, -0.2) is 110 Å². The molecule has 3 atom stereocenters. The van der Waals surface area contributed by atoms with Crippen LogP contribution >= 0.6 is 0 Å². The standard InChI is InChI=1S/C30H42O7Si.C20H22O6.C10H20OSi/c1-28(2,3)38(7,8)37-18-10-9-17-30(31)26-16-15-25(36-22-33-6)19-27(26)34-20-29(30,4)23-11-13-24(14-12-23)35-21-32-5;1-20(14-4-6-15(7-5-14)25-12-22-2)11-24-18-10-16(26-13-23-3)8-9-17(18)19(20)21;1-7-8-9-11-12(5,6)10(2,3)4/h11-16,19,31H,10,18,20-22H2,1-8H3;4-10H,11-13H2,1-3H3;1H,8-9H2,2-6H3/t29-,30?;20-;/m11./s1. The summed E-state index contributed by atoms with van der Waals surface area (Å²) in [6, 6.07) is 25.6. The summed E-state index contributed by atoms with van der Waals surface area (Å²) in [6.07, 6.45) is 6.39. The molecule has 1 unspecified atom stereocenters. The fourth-order valence-electron chi connectivity index (χ4n) is 7.52. The van der Waals surface area contributed by atoms with Crippen molar-refractivity contribution >= 4 is 22.4 Å². The number of aliphatic hydroxyl groups is 1. The van der Waals surface area contributed by atoms with E-state index in [0.717, 1.165) is 17.5 Å². The Bertz CT molecular complexity index is 2570. The fourth-order valence-corrected chi connectivity index (χ4v) is 9.61. The highest BCUT2D eigenvalue weighted by Gasteiger charge is 2.54. The van der Waals surface area contributed by atoms with Gasteiger partial charge in [-0.25, -0.2) is 0 Å². The van der Waals surface area contributed by atoms with Gasteiger partial charge in [0.1, 0.15) is 47.7 Å². The van der Waals surface area contributed by atoms with Gasteiger partial charge in [-0.2, -0.15) is 0 Å². The Balaban J connectivity index is 0.000000282. The maximum Gasteiger partial charge on any atom is 0.192 e. The number of terminal acetylenes is 1. The van der Waals surface area contributed by atoms with Crippen molar-refractivity contribution in [1.82, 2.24) is 0 Å². The van der Waals surface area contributed by atoms with Gasteiger partial charge in [-0.05, 0) is 110 Å². The van der Waals surface area contributed by atoms with Gasteiger partial charge in [0, 0.05) is 72.2 Å². The van der Waals surface area contributed by atoms with Crippen molar-refractivity contribution in [1.29, 1.82) is 0 Å². The first kappa shape index (κ1) is 63.2. The number of fused-ring (bicyclic) bond motifs is 2. The lowest BCUT2D eigenvalue weighted by molar-refractivity contribution is -0.0274. The Kier molecular flexibility index (Phi) is 23.1.